The van der Waals surface area contributed by atoms with Crippen LogP contribution < -0.4 is 5.32 Å². The van der Waals surface area contributed by atoms with Crippen LogP contribution in [0.1, 0.15) is 24.1 Å². The van der Waals surface area contributed by atoms with Gasteiger partial charge in [-0.05, 0) is 49.4 Å². The second-order valence-corrected chi connectivity index (χ2v) is 4.61. The van der Waals surface area contributed by atoms with Gasteiger partial charge < -0.3 is 5.32 Å². The maximum Gasteiger partial charge on any atom is 0.0373 e. The van der Waals surface area contributed by atoms with E-state index in [4.69, 9.17) is 0 Å². The summed E-state index contributed by atoms with van der Waals surface area (Å²) in [6.07, 6.45) is 6.94. The first kappa shape index (κ1) is 9.10. The van der Waals surface area contributed by atoms with Crippen LogP contribution in [0.5, 0.6) is 0 Å². The van der Waals surface area contributed by atoms with E-state index in [0.717, 1.165) is 11.6 Å². The van der Waals surface area contributed by atoms with Crippen LogP contribution in [0, 0.1) is 12.8 Å². The lowest BCUT2D eigenvalue weighted by atomic mass is 10.00. The fourth-order valence-corrected chi connectivity index (χ4v) is 2.64. The van der Waals surface area contributed by atoms with Crippen LogP contribution >= 0.6 is 0 Å². The van der Waals surface area contributed by atoms with Crippen molar-refractivity contribution in [2.24, 2.45) is 5.92 Å². The first-order chi connectivity index (χ1) is 7.33. The van der Waals surface area contributed by atoms with Gasteiger partial charge >= 0.3 is 0 Å². The average Bonchev–Trinajstić information content (AvgIpc) is 2.78. The third-order valence-electron chi connectivity index (χ3n) is 3.55. The number of pyridine rings is 1. The highest BCUT2D eigenvalue weighted by molar-refractivity contribution is 5.68. The van der Waals surface area contributed by atoms with E-state index in [1.54, 1.807) is 0 Å². The van der Waals surface area contributed by atoms with E-state index in [1.165, 1.54) is 30.5 Å². The van der Waals surface area contributed by atoms with Crippen molar-refractivity contribution in [3.05, 3.63) is 35.7 Å². The van der Waals surface area contributed by atoms with E-state index >= 15 is 0 Å². The van der Waals surface area contributed by atoms with Gasteiger partial charge in [0.25, 0.3) is 0 Å². The minimum absolute atomic E-state index is 0.626. The summed E-state index contributed by atoms with van der Waals surface area (Å²) in [7, 11) is 0. The van der Waals surface area contributed by atoms with Crippen molar-refractivity contribution in [2.75, 3.05) is 6.54 Å². The third-order valence-corrected chi connectivity index (χ3v) is 3.55. The van der Waals surface area contributed by atoms with Crippen molar-refractivity contribution >= 4 is 5.57 Å². The predicted molar refractivity (Wildman–Crippen MR) is 61.5 cm³/mol. The van der Waals surface area contributed by atoms with Crippen molar-refractivity contribution in [1.82, 2.24) is 10.3 Å². The molecule has 0 radical (unpaired) electrons. The summed E-state index contributed by atoms with van der Waals surface area (Å²) in [5.74, 6) is 0.835. The Labute approximate surface area is 90.4 Å². The molecule has 2 aliphatic rings. The van der Waals surface area contributed by atoms with Crippen LogP contribution in [0.2, 0.25) is 0 Å². The Hall–Kier alpha value is -1.15. The lowest BCUT2D eigenvalue weighted by molar-refractivity contribution is 0.553. The predicted octanol–water partition coefficient (Wildman–Crippen LogP) is 2.16. The Kier molecular flexibility index (Phi) is 2.10. The van der Waals surface area contributed by atoms with Gasteiger partial charge in [-0.15, -0.1) is 0 Å². The van der Waals surface area contributed by atoms with E-state index < -0.39 is 0 Å². The molecule has 1 aromatic heterocycles. The van der Waals surface area contributed by atoms with Crippen LogP contribution in [0.4, 0.5) is 0 Å². The Morgan fingerprint density at radius 2 is 2.33 bits per heavy atom. The quantitative estimate of drug-likeness (QED) is 0.751. The highest BCUT2D eigenvalue weighted by atomic mass is 15.0. The van der Waals surface area contributed by atoms with Gasteiger partial charge in [-0.2, -0.15) is 0 Å². The van der Waals surface area contributed by atoms with E-state index in [0.29, 0.717) is 6.04 Å². The summed E-state index contributed by atoms with van der Waals surface area (Å²) in [5, 5.41) is 3.53. The number of aromatic nitrogens is 1. The van der Waals surface area contributed by atoms with Crippen LogP contribution in [0.15, 0.2) is 24.4 Å². The molecule has 2 nitrogen and oxygen atoms in total. The maximum absolute atomic E-state index is 4.36. The van der Waals surface area contributed by atoms with Gasteiger partial charge in [-0.1, -0.05) is 12.1 Å². The number of hydrogen-bond donors (Lipinski definition) is 1. The van der Waals surface area contributed by atoms with Gasteiger partial charge in [0.05, 0.1) is 0 Å². The highest BCUT2D eigenvalue weighted by Crippen LogP contribution is 2.36. The zero-order valence-electron chi connectivity index (χ0n) is 9.03. The average molecular weight is 200 g/mol. The summed E-state index contributed by atoms with van der Waals surface area (Å²) in [4.78, 5) is 4.36. The van der Waals surface area contributed by atoms with E-state index in [9.17, 15) is 0 Å². The van der Waals surface area contributed by atoms with Gasteiger partial charge in [-0.3, -0.25) is 4.98 Å². The molecule has 2 atom stereocenters. The first-order valence-corrected chi connectivity index (χ1v) is 5.70. The van der Waals surface area contributed by atoms with Gasteiger partial charge in [0.1, 0.15) is 0 Å². The van der Waals surface area contributed by atoms with Gasteiger partial charge in [-0.25, -0.2) is 0 Å². The molecule has 2 heteroatoms. The van der Waals surface area contributed by atoms with Crippen LogP contribution in [-0.2, 0) is 0 Å². The number of nitrogens with zero attached hydrogens (tertiary/aromatic N) is 1. The molecule has 2 heterocycles. The molecule has 1 aliphatic carbocycles. The van der Waals surface area contributed by atoms with Crippen molar-refractivity contribution in [1.29, 1.82) is 0 Å². The Morgan fingerprint density at radius 3 is 3.07 bits per heavy atom. The molecular weight excluding hydrogens is 184 g/mol. The lowest BCUT2D eigenvalue weighted by Gasteiger charge is -2.06. The van der Waals surface area contributed by atoms with Crippen molar-refractivity contribution in [2.45, 2.75) is 25.8 Å². The van der Waals surface area contributed by atoms with E-state index in [-0.39, 0.29) is 0 Å². The zero-order valence-corrected chi connectivity index (χ0v) is 9.03. The van der Waals surface area contributed by atoms with E-state index in [2.05, 4.69) is 28.5 Å². The van der Waals surface area contributed by atoms with Gasteiger partial charge in [0.15, 0.2) is 0 Å². The number of allylic oxidation sites excluding steroid dienone is 1. The number of fused-ring (bicyclic) bond motifs is 1. The number of aryl methyl sites for hydroxylation is 1. The molecule has 0 bridgehead atoms. The second-order valence-electron chi connectivity index (χ2n) is 4.61. The number of nitrogens with one attached hydrogen (secondary N) is 1. The van der Waals surface area contributed by atoms with Crippen molar-refractivity contribution in [3.63, 3.8) is 0 Å². The first-order valence-electron chi connectivity index (χ1n) is 5.70. The molecule has 0 amide bonds. The molecule has 1 fully saturated rings. The fraction of sp³-hybridized carbons (Fsp3) is 0.462. The summed E-state index contributed by atoms with van der Waals surface area (Å²) in [6.45, 7) is 3.22. The molecule has 78 valence electrons. The summed E-state index contributed by atoms with van der Waals surface area (Å²) in [6, 6.07) is 4.91. The molecule has 1 N–H and O–H groups in total. The lowest BCUT2D eigenvalue weighted by Crippen LogP contribution is -2.20. The van der Waals surface area contributed by atoms with Gasteiger partial charge in [0.2, 0.25) is 0 Å². The monoisotopic (exact) mass is 200 g/mol. The highest BCUT2D eigenvalue weighted by Gasteiger charge is 2.31. The molecule has 0 aromatic carbocycles. The molecule has 1 aliphatic heterocycles. The van der Waals surface area contributed by atoms with Crippen LogP contribution in [-0.4, -0.2) is 17.6 Å². The normalized spacial score (nSPS) is 29.0. The van der Waals surface area contributed by atoms with Gasteiger partial charge in [0, 0.05) is 17.9 Å². The Bertz CT molecular complexity index is 392. The molecule has 15 heavy (non-hydrogen) atoms. The van der Waals surface area contributed by atoms with Crippen molar-refractivity contribution in [3.8, 4) is 0 Å². The largest absolute Gasteiger partial charge is 0.310 e. The Morgan fingerprint density at radius 1 is 1.40 bits per heavy atom. The molecule has 1 saturated heterocycles. The Balaban J connectivity index is 1.87. The molecule has 1 aromatic rings. The second kappa shape index (κ2) is 3.46. The van der Waals surface area contributed by atoms with Crippen LogP contribution in [0.3, 0.4) is 0 Å². The number of rotatable bonds is 1. The summed E-state index contributed by atoms with van der Waals surface area (Å²) >= 11 is 0. The van der Waals surface area contributed by atoms with Crippen molar-refractivity contribution < 1.29 is 0 Å². The van der Waals surface area contributed by atoms with Crippen LogP contribution in [0.25, 0.3) is 5.57 Å². The standard InChI is InChI=1S/C13H16N2/c1-9-2-3-11(8-15-9)12-6-10-4-5-14-13(10)7-12/h2-3,7-8,10,13-14H,4-6H2,1H3/t10-,13+/m1/s1. The smallest absolute Gasteiger partial charge is 0.0373 e. The molecule has 3 rings (SSSR count). The molecular formula is C13H16N2. The third kappa shape index (κ3) is 1.59. The zero-order chi connectivity index (χ0) is 10.3. The summed E-state index contributed by atoms with van der Waals surface area (Å²) in [5.41, 5.74) is 3.87. The maximum atomic E-state index is 4.36. The fourth-order valence-electron chi connectivity index (χ4n) is 2.64. The number of hydrogen-bond acceptors (Lipinski definition) is 2. The van der Waals surface area contributed by atoms with E-state index in [1.807, 2.05) is 13.1 Å². The summed E-state index contributed by atoms with van der Waals surface area (Å²) < 4.78 is 0. The minimum Gasteiger partial charge on any atom is -0.310 e. The minimum atomic E-state index is 0.626. The molecule has 0 saturated carbocycles. The topological polar surface area (TPSA) is 24.9 Å². The molecule has 0 unspecified atom stereocenters. The SMILES string of the molecule is Cc1ccc(C2=C[C@@H]3NCC[C@@H]3C2)cn1. The molecule has 0 spiro atoms.